The molecule has 1 nitrogen and oxygen atoms in total. The van der Waals surface area contributed by atoms with E-state index in [1.165, 1.54) is 17.8 Å². The van der Waals surface area contributed by atoms with Crippen molar-refractivity contribution in [1.82, 2.24) is 5.32 Å². The highest BCUT2D eigenvalue weighted by atomic mass is 35.5. The highest BCUT2D eigenvalue weighted by molar-refractivity contribution is 7.20. The number of hydrogen-bond acceptors (Lipinski definition) is 2. The normalized spacial score (nSPS) is 15.3. The molecule has 1 aromatic heterocycles. The minimum absolute atomic E-state index is 0.273. The van der Waals surface area contributed by atoms with Crippen LogP contribution in [0.1, 0.15) is 38.8 Å². The van der Waals surface area contributed by atoms with Crippen molar-refractivity contribution in [2.75, 3.05) is 6.54 Å². The molecule has 2 atom stereocenters. The fourth-order valence-corrected chi connectivity index (χ4v) is 2.93. The molecular weight excluding hydrogens is 249 g/mol. The van der Waals surface area contributed by atoms with Crippen molar-refractivity contribution in [2.45, 2.75) is 33.2 Å². The van der Waals surface area contributed by atoms with Gasteiger partial charge in [0.05, 0.1) is 8.67 Å². The van der Waals surface area contributed by atoms with E-state index in [9.17, 15) is 0 Å². The van der Waals surface area contributed by atoms with E-state index in [0.29, 0.717) is 5.92 Å². The summed E-state index contributed by atoms with van der Waals surface area (Å²) < 4.78 is 1.55. The Morgan fingerprint density at radius 3 is 2.53 bits per heavy atom. The molecule has 2 unspecified atom stereocenters. The molecule has 1 rings (SSSR count). The Labute approximate surface area is 106 Å². The van der Waals surface area contributed by atoms with Crippen LogP contribution < -0.4 is 5.32 Å². The van der Waals surface area contributed by atoms with Crippen molar-refractivity contribution in [3.63, 3.8) is 0 Å². The molecule has 15 heavy (non-hydrogen) atoms. The van der Waals surface area contributed by atoms with Gasteiger partial charge in [-0.05, 0) is 31.0 Å². The number of rotatable bonds is 5. The Hall–Kier alpha value is 0.240. The van der Waals surface area contributed by atoms with Crippen LogP contribution in [-0.2, 0) is 0 Å². The summed E-state index contributed by atoms with van der Waals surface area (Å²) in [6.07, 6.45) is 1.19. The van der Waals surface area contributed by atoms with Crippen LogP contribution in [0, 0.1) is 5.92 Å². The molecule has 86 valence electrons. The molecule has 1 aromatic rings. The average molecular weight is 266 g/mol. The second-order valence-corrected chi connectivity index (χ2v) is 6.21. The first kappa shape index (κ1) is 13.3. The van der Waals surface area contributed by atoms with E-state index in [1.54, 1.807) is 0 Å². The first-order valence-corrected chi connectivity index (χ1v) is 6.80. The number of nitrogens with one attached hydrogen (secondary N) is 1. The highest BCUT2D eigenvalue weighted by Gasteiger charge is 2.13. The maximum absolute atomic E-state index is 6.08. The van der Waals surface area contributed by atoms with Crippen LogP contribution >= 0.6 is 34.5 Å². The van der Waals surface area contributed by atoms with Gasteiger partial charge in [0, 0.05) is 6.04 Å². The van der Waals surface area contributed by atoms with E-state index in [2.05, 4.69) is 26.1 Å². The molecule has 1 heterocycles. The van der Waals surface area contributed by atoms with Crippen molar-refractivity contribution >= 4 is 34.5 Å². The molecule has 0 bridgehead atoms. The average Bonchev–Trinajstić information content (AvgIpc) is 2.53. The molecular formula is C11H17Cl2NS. The van der Waals surface area contributed by atoms with E-state index in [1.807, 2.05) is 6.07 Å². The third-order valence-electron chi connectivity index (χ3n) is 2.62. The maximum Gasteiger partial charge on any atom is 0.0991 e. The SMILES string of the molecule is CCC(C)CNC(C)c1cc(Cl)sc1Cl. The van der Waals surface area contributed by atoms with Crippen LogP contribution in [-0.4, -0.2) is 6.54 Å². The lowest BCUT2D eigenvalue weighted by atomic mass is 10.1. The second-order valence-electron chi connectivity index (χ2n) is 3.92. The molecule has 0 fully saturated rings. The number of thiophene rings is 1. The lowest BCUT2D eigenvalue weighted by Gasteiger charge is -2.16. The molecule has 0 aliphatic carbocycles. The van der Waals surface area contributed by atoms with E-state index < -0.39 is 0 Å². The van der Waals surface area contributed by atoms with Gasteiger partial charge in [0.15, 0.2) is 0 Å². The van der Waals surface area contributed by atoms with Crippen LogP contribution in [0.3, 0.4) is 0 Å². The molecule has 0 amide bonds. The van der Waals surface area contributed by atoms with Gasteiger partial charge >= 0.3 is 0 Å². The minimum Gasteiger partial charge on any atom is -0.310 e. The third-order valence-corrected chi connectivity index (χ3v) is 4.14. The van der Waals surface area contributed by atoms with Crippen molar-refractivity contribution in [1.29, 1.82) is 0 Å². The Balaban J connectivity index is 2.53. The number of halogens is 2. The zero-order chi connectivity index (χ0) is 11.4. The minimum atomic E-state index is 0.273. The fourth-order valence-electron chi connectivity index (χ4n) is 1.28. The summed E-state index contributed by atoms with van der Waals surface area (Å²) in [6, 6.07) is 2.22. The summed E-state index contributed by atoms with van der Waals surface area (Å²) in [7, 11) is 0. The molecule has 0 saturated carbocycles. The molecule has 0 spiro atoms. The van der Waals surface area contributed by atoms with Gasteiger partial charge < -0.3 is 5.32 Å². The van der Waals surface area contributed by atoms with Gasteiger partial charge in [-0.1, -0.05) is 43.5 Å². The van der Waals surface area contributed by atoms with Crippen molar-refractivity contribution in [3.05, 3.63) is 20.3 Å². The van der Waals surface area contributed by atoms with Gasteiger partial charge in [-0.15, -0.1) is 11.3 Å². The van der Waals surface area contributed by atoms with Crippen LogP contribution in [0.25, 0.3) is 0 Å². The monoisotopic (exact) mass is 265 g/mol. The zero-order valence-corrected chi connectivity index (χ0v) is 11.6. The largest absolute Gasteiger partial charge is 0.310 e. The molecule has 0 saturated heterocycles. The zero-order valence-electron chi connectivity index (χ0n) is 9.31. The van der Waals surface area contributed by atoms with E-state index >= 15 is 0 Å². The first-order chi connectivity index (χ1) is 7.04. The van der Waals surface area contributed by atoms with Crippen LogP contribution in [0.2, 0.25) is 8.67 Å². The standard InChI is InChI=1S/C11H17Cl2NS/c1-4-7(2)6-14-8(3)9-5-10(12)15-11(9)13/h5,7-8,14H,4,6H2,1-3H3. The van der Waals surface area contributed by atoms with Crippen molar-refractivity contribution < 1.29 is 0 Å². The summed E-state index contributed by atoms with van der Waals surface area (Å²) in [5, 5.41) is 3.47. The number of hydrogen-bond donors (Lipinski definition) is 1. The fraction of sp³-hybridized carbons (Fsp3) is 0.636. The summed E-state index contributed by atoms with van der Waals surface area (Å²) in [6.45, 7) is 7.57. The Morgan fingerprint density at radius 1 is 1.40 bits per heavy atom. The van der Waals surface area contributed by atoms with Crippen LogP contribution in [0.15, 0.2) is 6.07 Å². The van der Waals surface area contributed by atoms with Crippen LogP contribution in [0.5, 0.6) is 0 Å². The molecule has 0 radical (unpaired) electrons. The van der Waals surface area contributed by atoms with Gasteiger partial charge in [-0.2, -0.15) is 0 Å². The van der Waals surface area contributed by atoms with E-state index in [0.717, 1.165) is 20.8 Å². The Bertz CT molecular complexity index is 312. The molecule has 1 N–H and O–H groups in total. The predicted molar refractivity (Wildman–Crippen MR) is 70.2 cm³/mol. The van der Waals surface area contributed by atoms with Crippen molar-refractivity contribution in [2.24, 2.45) is 5.92 Å². The topological polar surface area (TPSA) is 12.0 Å². The summed E-state index contributed by atoms with van der Waals surface area (Å²) in [5.41, 5.74) is 1.11. The Morgan fingerprint density at radius 2 is 2.07 bits per heavy atom. The maximum atomic E-state index is 6.08. The lowest BCUT2D eigenvalue weighted by Crippen LogP contribution is -2.24. The van der Waals surface area contributed by atoms with Crippen LogP contribution in [0.4, 0.5) is 0 Å². The third kappa shape index (κ3) is 3.95. The van der Waals surface area contributed by atoms with Gasteiger partial charge in [0.25, 0.3) is 0 Å². The van der Waals surface area contributed by atoms with Gasteiger partial charge in [-0.3, -0.25) is 0 Å². The molecule has 0 aliphatic heterocycles. The highest BCUT2D eigenvalue weighted by Crippen LogP contribution is 2.34. The van der Waals surface area contributed by atoms with Crippen molar-refractivity contribution in [3.8, 4) is 0 Å². The summed E-state index contributed by atoms with van der Waals surface area (Å²) in [5.74, 6) is 0.695. The Kier molecular flexibility index (Phi) is 5.41. The van der Waals surface area contributed by atoms with E-state index in [-0.39, 0.29) is 6.04 Å². The van der Waals surface area contributed by atoms with Gasteiger partial charge in [-0.25, -0.2) is 0 Å². The molecule has 4 heteroatoms. The predicted octanol–water partition coefficient (Wildman–Crippen LogP) is 4.75. The van der Waals surface area contributed by atoms with Gasteiger partial charge in [0.2, 0.25) is 0 Å². The summed E-state index contributed by atoms with van der Waals surface area (Å²) >= 11 is 13.4. The molecule has 0 aliphatic rings. The quantitative estimate of drug-likeness (QED) is 0.810. The van der Waals surface area contributed by atoms with E-state index in [4.69, 9.17) is 23.2 Å². The first-order valence-electron chi connectivity index (χ1n) is 5.22. The summed E-state index contributed by atoms with van der Waals surface area (Å²) in [4.78, 5) is 0. The van der Waals surface area contributed by atoms with Gasteiger partial charge in [0.1, 0.15) is 0 Å². The second kappa shape index (κ2) is 6.09. The molecule has 0 aromatic carbocycles. The smallest absolute Gasteiger partial charge is 0.0991 e. The lowest BCUT2D eigenvalue weighted by molar-refractivity contribution is 0.461.